The molecule has 0 aliphatic carbocycles. The van der Waals surface area contributed by atoms with Crippen LogP contribution in [0.5, 0.6) is 0 Å². The number of ether oxygens (including phenoxy) is 1. The summed E-state index contributed by atoms with van der Waals surface area (Å²) in [6, 6.07) is -1.90. The van der Waals surface area contributed by atoms with E-state index in [1.54, 1.807) is 0 Å². The summed E-state index contributed by atoms with van der Waals surface area (Å²) in [5, 5.41) is 0. The van der Waals surface area contributed by atoms with Gasteiger partial charge in [0.1, 0.15) is 6.04 Å². The normalized spacial score (nSPS) is 26.0. The molecule has 0 amide bonds. The lowest BCUT2D eigenvalue weighted by atomic mass is 10.4. The van der Waals surface area contributed by atoms with Crippen LogP contribution in [-0.2, 0) is 9.53 Å². The molecule has 14 heavy (non-hydrogen) atoms. The van der Waals surface area contributed by atoms with Crippen LogP contribution >= 0.6 is 33.2 Å². The summed E-state index contributed by atoms with van der Waals surface area (Å²) in [5.41, 5.74) is 0. The van der Waals surface area contributed by atoms with Crippen LogP contribution in [0.2, 0.25) is 6.04 Å². The minimum Gasteiger partial charge on any atom is -0.468 e. The van der Waals surface area contributed by atoms with E-state index < -0.39 is 6.00 Å². The van der Waals surface area contributed by atoms with E-state index in [1.807, 2.05) is 4.90 Å². The van der Waals surface area contributed by atoms with Gasteiger partial charge < -0.3 is 4.74 Å². The van der Waals surface area contributed by atoms with Crippen LogP contribution in [0.4, 0.5) is 0 Å². The Labute approximate surface area is 98.4 Å². The monoisotopic (exact) mass is 275 g/mol. The molecule has 7 heteroatoms. The molecule has 2 unspecified atom stereocenters. The fourth-order valence-electron chi connectivity index (χ4n) is 1.26. The van der Waals surface area contributed by atoms with Crippen LogP contribution in [0.15, 0.2) is 0 Å². The first-order chi connectivity index (χ1) is 6.44. The number of halogens is 3. The maximum Gasteiger partial charge on any atom is 0.341 e. The number of hydrogen-bond donors (Lipinski definition) is 0. The Bertz CT molecular complexity index is 221. The lowest BCUT2D eigenvalue weighted by molar-refractivity contribution is -0.140. The predicted octanol–water partition coefficient (Wildman–Crippen LogP) is 1.89. The Morgan fingerprint density at radius 1 is 1.57 bits per heavy atom. The highest BCUT2D eigenvalue weighted by atomic mass is 35.8. The minimum atomic E-state index is -2.48. The zero-order chi connectivity index (χ0) is 10.8. The van der Waals surface area contributed by atoms with Gasteiger partial charge in [0.15, 0.2) is 0 Å². The molecule has 0 aromatic rings. The minimum absolute atomic E-state index is 0.0583. The highest BCUT2D eigenvalue weighted by molar-refractivity contribution is 7.64. The van der Waals surface area contributed by atoms with E-state index in [1.165, 1.54) is 7.11 Å². The van der Waals surface area contributed by atoms with Gasteiger partial charge in [0.05, 0.1) is 7.11 Å². The molecule has 0 N–H and O–H groups in total. The summed E-state index contributed by atoms with van der Waals surface area (Å²) in [4.78, 5) is 13.0. The molecular weight excluding hydrogens is 265 g/mol. The molecule has 1 saturated heterocycles. The van der Waals surface area contributed by atoms with E-state index >= 15 is 0 Å². The molecule has 3 nitrogen and oxygen atoms in total. The van der Waals surface area contributed by atoms with E-state index in [0.717, 1.165) is 19.5 Å². The fourth-order valence-corrected chi connectivity index (χ4v) is 3.03. The Morgan fingerprint density at radius 3 is 2.71 bits per heavy atom. The van der Waals surface area contributed by atoms with E-state index in [2.05, 4.69) is 4.74 Å². The molecular formula is C7H12Cl3NO2Si. The van der Waals surface area contributed by atoms with Crippen LogP contribution < -0.4 is 0 Å². The first-order valence-electron chi connectivity index (χ1n) is 4.32. The number of esters is 1. The van der Waals surface area contributed by atoms with Gasteiger partial charge in [0.25, 0.3) is 0 Å². The third-order valence-electron chi connectivity index (χ3n) is 2.09. The molecule has 0 aromatic heterocycles. The molecule has 2 atom stereocenters. The molecule has 0 bridgehead atoms. The zero-order valence-electron chi connectivity index (χ0n) is 7.80. The zero-order valence-corrected chi connectivity index (χ0v) is 11.1. The molecule has 1 fully saturated rings. The van der Waals surface area contributed by atoms with Gasteiger partial charge in [-0.25, -0.2) is 0 Å². The third kappa shape index (κ3) is 4.36. The van der Waals surface area contributed by atoms with Gasteiger partial charge in [-0.05, 0) is 19.0 Å². The van der Waals surface area contributed by atoms with Gasteiger partial charge in [0, 0.05) is 6.54 Å². The predicted molar refractivity (Wildman–Crippen MR) is 60.1 cm³/mol. The van der Waals surface area contributed by atoms with Crippen molar-refractivity contribution in [1.29, 1.82) is 0 Å². The molecule has 1 aliphatic heterocycles. The van der Waals surface area contributed by atoms with Gasteiger partial charge in [-0.2, -0.15) is 0 Å². The van der Waals surface area contributed by atoms with Crippen LogP contribution in [0.3, 0.4) is 0 Å². The molecule has 1 aliphatic rings. The molecule has 1 heterocycles. The first-order valence-corrected chi connectivity index (χ1v) is 9.57. The van der Waals surface area contributed by atoms with Crippen molar-refractivity contribution in [2.45, 2.75) is 18.5 Å². The number of carbonyl (C=O) groups is 1. The lowest BCUT2D eigenvalue weighted by Gasteiger charge is -2.07. The highest BCUT2D eigenvalue weighted by Crippen LogP contribution is 2.28. The Hall–Kier alpha value is 0.517. The van der Waals surface area contributed by atoms with Crippen LogP contribution in [-0.4, -0.2) is 43.1 Å². The molecule has 0 aromatic carbocycles. The lowest BCUT2D eigenvalue weighted by Crippen LogP contribution is -2.17. The summed E-state index contributed by atoms with van der Waals surface area (Å²) in [5.74, 6) is -0.170. The van der Waals surface area contributed by atoms with Crippen LogP contribution in [0.1, 0.15) is 6.42 Å². The van der Waals surface area contributed by atoms with Crippen LogP contribution in [0, 0.1) is 0 Å². The molecule has 0 radical (unpaired) electrons. The summed E-state index contributed by atoms with van der Waals surface area (Å²) in [6.45, 7) is 1.58. The van der Waals surface area contributed by atoms with Gasteiger partial charge >= 0.3 is 12.0 Å². The van der Waals surface area contributed by atoms with Crippen molar-refractivity contribution in [1.82, 2.24) is 4.90 Å². The number of nitrogens with zero attached hydrogens (tertiary/aromatic N) is 1. The maximum atomic E-state index is 11.0. The first kappa shape index (κ1) is 12.6. The Morgan fingerprint density at radius 2 is 2.21 bits per heavy atom. The molecule has 0 spiro atoms. The van der Waals surface area contributed by atoms with Crippen LogP contribution in [0.25, 0.3) is 0 Å². The summed E-state index contributed by atoms with van der Waals surface area (Å²) < 4.78 is 4.60. The number of hydrogen-bond acceptors (Lipinski definition) is 3. The van der Waals surface area contributed by atoms with E-state index in [0.29, 0.717) is 6.04 Å². The van der Waals surface area contributed by atoms with E-state index in [-0.39, 0.29) is 12.0 Å². The van der Waals surface area contributed by atoms with Gasteiger partial charge in [-0.1, -0.05) is 0 Å². The smallest absolute Gasteiger partial charge is 0.341 e. The largest absolute Gasteiger partial charge is 0.468 e. The highest BCUT2D eigenvalue weighted by Gasteiger charge is 2.41. The number of methoxy groups -OCH3 is 1. The summed E-state index contributed by atoms with van der Waals surface area (Å²) in [7, 11) is 1.40. The maximum absolute atomic E-state index is 11.0. The molecule has 0 saturated carbocycles. The van der Waals surface area contributed by atoms with Crippen molar-refractivity contribution >= 4 is 45.2 Å². The Kier molecular flexibility index (Phi) is 4.52. The van der Waals surface area contributed by atoms with Gasteiger partial charge in [0.2, 0.25) is 0 Å². The second-order valence-corrected chi connectivity index (χ2v) is 12.5. The van der Waals surface area contributed by atoms with Crippen molar-refractivity contribution in [3.8, 4) is 0 Å². The van der Waals surface area contributed by atoms with Crippen molar-refractivity contribution in [2.75, 3.05) is 20.2 Å². The average molecular weight is 277 g/mol. The van der Waals surface area contributed by atoms with Crippen molar-refractivity contribution in [2.24, 2.45) is 0 Å². The SMILES string of the molecule is COC(=O)C1CN1CCC[Si](Cl)(Cl)Cl. The van der Waals surface area contributed by atoms with Crippen molar-refractivity contribution in [3.05, 3.63) is 0 Å². The fraction of sp³-hybridized carbons (Fsp3) is 0.857. The van der Waals surface area contributed by atoms with E-state index in [9.17, 15) is 4.79 Å². The second-order valence-electron chi connectivity index (χ2n) is 3.25. The van der Waals surface area contributed by atoms with E-state index in [4.69, 9.17) is 33.2 Å². The summed E-state index contributed by atoms with van der Waals surface area (Å²) >= 11 is 17.2. The van der Waals surface area contributed by atoms with Gasteiger partial charge in [-0.3, -0.25) is 9.69 Å². The van der Waals surface area contributed by atoms with Gasteiger partial charge in [-0.15, -0.1) is 33.2 Å². The standard InChI is InChI=1S/C7H12Cl3NO2Si/c1-13-7(12)6-5-11(6)3-2-4-14(8,9)10/h6H,2-5H2,1H3. The second kappa shape index (κ2) is 5.03. The van der Waals surface area contributed by atoms with Crippen molar-refractivity contribution < 1.29 is 9.53 Å². The quantitative estimate of drug-likeness (QED) is 0.332. The number of rotatable bonds is 5. The number of carbonyl (C=O) groups excluding carboxylic acids is 1. The molecule has 82 valence electrons. The Balaban J connectivity index is 2.09. The van der Waals surface area contributed by atoms with Crippen molar-refractivity contribution in [3.63, 3.8) is 0 Å². The summed E-state index contributed by atoms with van der Waals surface area (Å²) in [6.07, 6.45) is 0.830. The average Bonchev–Trinajstić information content (AvgIpc) is 2.80. The molecule has 1 rings (SSSR count). The topological polar surface area (TPSA) is 29.3 Å². The third-order valence-corrected chi connectivity index (χ3v) is 4.71.